The largest absolute Gasteiger partial charge is 0.356 e. The highest BCUT2D eigenvalue weighted by atomic mass is 33.1. The summed E-state index contributed by atoms with van der Waals surface area (Å²) in [5, 5.41) is 3.30. The van der Waals surface area contributed by atoms with Crippen molar-refractivity contribution in [2.24, 2.45) is 5.84 Å². The van der Waals surface area contributed by atoms with Gasteiger partial charge in [-0.15, -0.1) is 0 Å². The van der Waals surface area contributed by atoms with Gasteiger partial charge in [0.1, 0.15) is 0 Å². The topological polar surface area (TPSA) is 84.2 Å². The fourth-order valence-corrected chi connectivity index (χ4v) is 4.60. The minimum absolute atomic E-state index is 0.0711. The summed E-state index contributed by atoms with van der Waals surface area (Å²) in [6.07, 6.45) is 4.91. The second kappa shape index (κ2) is 13.1. The fourth-order valence-electron chi connectivity index (χ4n) is 2.16. The Kier molecular flexibility index (Phi) is 11.4. The van der Waals surface area contributed by atoms with Gasteiger partial charge in [0.2, 0.25) is 11.8 Å². The molecule has 25 heavy (non-hydrogen) atoms. The number of carbonyl (C=O) groups is 2. The molecule has 2 amide bonds. The van der Waals surface area contributed by atoms with E-state index >= 15 is 0 Å². The van der Waals surface area contributed by atoms with Crippen molar-refractivity contribution in [3.05, 3.63) is 29.8 Å². The van der Waals surface area contributed by atoms with Crippen LogP contribution in [-0.2, 0) is 16.0 Å². The third-order valence-corrected chi connectivity index (χ3v) is 6.72. The number of rotatable bonds is 12. The molecule has 0 heterocycles. The molecule has 0 aliphatic rings. The molecule has 1 aromatic rings. The van der Waals surface area contributed by atoms with Gasteiger partial charge in [-0.3, -0.25) is 15.0 Å². The first kappa shape index (κ1) is 21.9. The standard InChI is InChI=1S/C18H29N3O2S2/c1-3-4-7-12-20-18(23)13-15-8-5-6-9-16(15)25-24-14(2)10-11-17(22)21-19/h5-6,8-9,14H,3-4,7,10-13,19H2,1-2H3,(H,20,23)(H,21,22). The van der Waals surface area contributed by atoms with Gasteiger partial charge in [-0.05, 0) is 24.5 Å². The Hall–Kier alpha value is -1.18. The van der Waals surface area contributed by atoms with E-state index in [0.29, 0.717) is 18.1 Å². The van der Waals surface area contributed by atoms with E-state index in [1.165, 1.54) is 0 Å². The van der Waals surface area contributed by atoms with Crippen molar-refractivity contribution in [1.82, 2.24) is 10.7 Å². The normalized spacial score (nSPS) is 11.8. The van der Waals surface area contributed by atoms with Crippen LogP contribution in [0.25, 0.3) is 0 Å². The molecule has 0 radical (unpaired) electrons. The number of hydrogen-bond acceptors (Lipinski definition) is 5. The Morgan fingerprint density at radius 2 is 1.96 bits per heavy atom. The smallest absolute Gasteiger partial charge is 0.233 e. The first-order chi connectivity index (χ1) is 12.1. The highest BCUT2D eigenvalue weighted by Gasteiger charge is 2.11. The second-order valence-electron chi connectivity index (χ2n) is 5.94. The quantitative estimate of drug-likeness (QED) is 0.169. The lowest BCUT2D eigenvalue weighted by molar-refractivity contribution is -0.121. The van der Waals surface area contributed by atoms with E-state index in [0.717, 1.165) is 42.7 Å². The molecule has 0 bridgehead atoms. The first-order valence-electron chi connectivity index (χ1n) is 8.74. The average molecular weight is 384 g/mol. The van der Waals surface area contributed by atoms with E-state index < -0.39 is 0 Å². The van der Waals surface area contributed by atoms with Gasteiger partial charge >= 0.3 is 0 Å². The number of benzene rings is 1. The van der Waals surface area contributed by atoms with Crippen molar-refractivity contribution < 1.29 is 9.59 Å². The number of nitrogens with one attached hydrogen (secondary N) is 2. The predicted molar refractivity (Wildman–Crippen MR) is 107 cm³/mol. The summed E-state index contributed by atoms with van der Waals surface area (Å²) >= 11 is 0. The molecule has 0 aromatic heterocycles. The maximum absolute atomic E-state index is 12.1. The number of hydrazine groups is 1. The molecule has 4 N–H and O–H groups in total. The number of hydrogen-bond donors (Lipinski definition) is 3. The summed E-state index contributed by atoms with van der Waals surface area (Å²) in [4.78, 5) is 24.4. The molecule has 0 fully saturated rings. The summed E-state index contributed by atoms with van der Waals surface area (Å²) in [5.74, 6) is 5.02. The van der Waals surface area contributed by atoms with Crippen LogP contribution in [0, 0.1) is 0 Å². The van der Waals surface area contributed by atoms with Crippen LogP contribution < -0.4 is 16.6 Å². The third-order valence-electron chi connectivity index (χ3n) is 3.67. The van der Waals surface area contributed by atoms with Crippen LogP contribution >= 0.6 is 21.6 Å². The summed E-state index contributed by atoms with van der Waals surface area (Å²) in [6.45, 7) is 4.98. The lowest BCUT2D eigenvalue weighted by Crippen LogP contribution is -2.30. The summed E-state index contributed by atoms with van der Waals surface area (Å²) in [5.41, 5.74) is 3.19. The molecular formula is C18H29N3O2S2. The number of nitrogens with two attached hydrogens (primary N) is 1. The maximum Gasteiger partial charge on any atom is 0.233 e. The Morgan fingerprint density at radius 3 is 2.68 bits per heavy atom. The van der Waals surface area contributed by atoms with E-state index in [2.05, 4.69) is 24.6 Å². The van der Waals surface area contributed by atoms with Crippen LogP contribution in [-0.4, -0.2) is 23.6 Å². The SMILES string of the molecule is CCCCCNC(=O)Cc1ccccc1SSC(C)CCC(=O)NN. The van der Waals surface area contributed by atoms with E-state index in [-0.39, 0.29) is 11.8 Å². The number of unbranched alkanes of at least 4 members (excludes halogenated alkanes) is 2. The van der Waals surface area contributed by atoms with E-state index in [1.54, 1.807) is 21.6 Å². The Bertz CT molecular complexity index is 541. The van der Waals surface area contributed by atoms with Crippen molar-refractivity contribution in [3.63, 3.8) is 0 Å². The van der Waals surface area contributed by atoms with Crippen LogP contribution in [0.3, 0.4) is 0 Å². The molecule has 5 nitrogen and oxygen atoms in total. The molecule has 0 aliphatic carbocycles. The molecule has 1 atom stereocenters. The van der Waals surface area contributed by atoms with Crippen LogP contribution in [0.1, 0.15) is 51.5 Å². The van der Waals surface area contributed by atoms with E-state index in [4.69, 9.17) is 5.84 Å². The van der Waals surface area contributed by atoms with Gasteiger partial charge in [-0.2, -0.15) is 0 Å². The molecule has 0 saturated carbocycles. The number of carbonyl (C=O) groups excluding carboxylic acids is 2. The minimum Gasteiger partial charge on any atom is -0.356 e. The third kappa shape index (κ3) is 9.77. The second-order valence-corrected chi connectivity index (χ2v) is 8.62. The zero-order chi connectivity index (χ0) is 18.5. The fraction of sp³-hybridized carbons (Fsp3) is 0.556. The van der Waals surface area contributed by atoms with Crippen LogP contribution in [0.2, 0.25) is 0 Å². The van der Waals surface area contributed by atoms with E-state index in [1.807, 2.05) is 24.3 Å². The lowest BCUT2D eigenvalue weighted by Gasteiger charge is -2.12. The van der Waals surface area contributed by atoms with Gasteiger partial charge < -0.3 is 5.32 Å². The van der Waals surface area contributed by atoms with Crippen molar-refractivity contribution >= 4 is 33.4 Å². The number of amides is 2. The Morgan fingerprint density at radius 1 is 1.20 bits per heavy atom. The van der Waals surface area contributed by atoms with Gasteiger partial charge in [0.05, 0.1) is 6.42 Å². The van der Waals surface area contributed by atoms with Crippen LogP contribution in [0.5, 0.6) is 0 Å². The van der Waals surface area contributed by atoms with Crippen LogP contribution in [0.15, 0.2) is 29.2 Å². The zero-order valence-corrected chi connectivity index (χ0v) is 16.7. The Balaban J connectivity index is 2.45. The van der Waals surface area contributed by atoms with Crippen molar-refractivity contribution in [2.45, 2.75) is 62.5 Å². The van der Waals surface area contributed by atoms with Gasteiger partial charge in [-0.1, -0.05) is 66.5 Å². The first-order valence-corrected chi connectivity index (χ1v) is 11.0. The van der Waals surface area contributed by atoms with Crippen molar-refractivity contribution in [2.75, 3.05) is 6.54 Å². The predicted octanol–water partition coefficient (Wildman–Crippen LogP) is 3.43. The summed E-state index contributed by atoms with van der Waals surface area (Å²) in [6, 6.07) is 7.99. The van der Waals surface area contributed by atoms with Crippen LogP contribution in [0.4, 0.5) is 0 Å². The minimum atomic E-state index is -0.141. The molecule has 1 rings (SSSR count). The molecule has 140 valence electrons. The Labute approximate surface area is 158 Å². The monoisotopic (exact) mass is 383 g/mol. The average Bonchev–Trinajstić information content (AvgIpc) is 2.62. The molecule has 0 spiro atoms. The highest BCUT2D eigenvalue weighted by Crippen LogP contribution is 2.37. The summed E-state index contributed by atoms with van der Waals surface area (Å²) in [7, 11) is 3.37. The molecule has 7 heteroatoms. The summed E-state index contributed by atoms with van der Waals surface area (Å²) < 4.78 is 0. The molecular weight excluding hydrogens is 354 g/mol. The molecule has 1 aromatic carbocycles. The zero-order valence-electron chi connectivity index (χ0n) is 15.0. The van der Waals surface area contributed by atoms with Gasteiger partial charge in [0, 0.05) is 23.1 Å². The molecule has 1 unspecified atom stereocenters. The van der Waals surface area contributed by atoms with Gasteiger partial charge in [0.15, 0.2) is 0 Å². The highest BCUT2D eigenvalue weighted by molar-refractivity contribution is 8.77. The van der Waals surface area contributed by atoms with Crippen molar-refractivity contribution in [1.29, 1.82) is 0 Å². The van der Waals surface area contributed by atoms with Crippen molar-refractivity contribution in [3.8, 4) is 0 Å². The molecule has 0 saturated heterocycles. The maximum atomic E-state index is 12.1. The van der Waals surface area contributed by atoms with Gasteiger partial charge in [0.25, 0.3) is 0 Å². The molecule has 0 aliphatic heterocycles. The lowest BCUT2D eigenvalue weighted by atomic mass is 10.1. The van der Waals surface area contributed by atoms with Gasteiger partial charge in [-0.25, -0.2) is 5.84 Å². The van der Waals surface area contributed by atoms with E-state index in [9.17, 15) is 9.59 Å².